The molecule has 154 valence electrons. The van der Waals surface area contributed by atoms with Crippen molar-refractivity contribution in [2.75, 3.05) is 31.8 Å². The van der Waals surface area contributed by atoms with Gasteiger partial charge in [-0.05, 0) is 36.2 Å². The molecule has 7 nitrogen and oxygen atoms in total. The Labute approximate surface area is 178 Å². The van der Waals surface area contributed by atoms with Crippen LogP contribution >= 0.6 is 15.9 Å². The van der Waals surface area contributed by atoms with Crippen molar-refractivity contribution in [2.45, 2.75) is 19.9 Å². The molecule has 1 unspecified atom stereocenters. The van der Waals surface area contributed by atoms with Crippen LogP contribution in [0.25, 0.3) is 0 Å². The highest BCUT2D eigenvalue weighted by molar-refractivity contribution is 9.10. The number of methoxy groups -OCH3 is 1. The van der Waals surface area contributed by atoms with Crippen LogP contribution in [0.3, 0.4) is 0 Å². The minimum absolute atomic E-state index is 0.0360. The zero-order valence-corrected chi connectivity index (χ0v) is 18.1. The van der Waals surface area contributed by atoms with Crippen LogP contribution in [0.4, 0.5) is 5.69 Å². The van der Waals surface area contributed by atoms with E-state index in [9.17, 15) is 9.59 Å². The van der Waals surface area contributed by atoms with Gasteiger partial charge < -0.3 is 19.7 Å². The number of carbonyl (C=O) groups excluding carboxylic acids is 2. The predicted molar refractivity (Wildman–Crippen MR) is 113 cm³/mol. The van der Waals surface area contributed by atoms with Gasteiger partial charge in [0, 0.05) is 49.0 Å². The number of ether oxygens (including phenoxy) is 2. The molecule has 1 aromatic heterocycles. The summed E-state index contributed by atoms with van der Waals surface area (Å²) in [5, 5.41) is 2.90. The summed E-state index contributed by atoms with van der Waals surface area (Å²) in [6, 6.07) is 9.36. The van der Waals surface area contributed by atoms with E-state index in [0.29, 0.717) is 32.2 Å². The number of benzene rings is 1. The number of amides is 2. The standard InChI is InChI=1S/C21H24BrN3O4/c1-14-9-17(4-5-18(14)22)25-13-16(10-20(25)26)21(27)24-12-15-3-6-19(23-11-15)29-8-7-28-2/h3-6,9,11,16H,7-8,10,12-13H2,1-2H3,(H,24,27). The first-order valence-corrected chi connectivity index (χ1v) is 10.2. The number of halogens is 1. The second-order valence-electron chi connectivity index (χ2n) is 6.90. The summed E-state index contributed by atoms with van der Waals surface area (Å²) in [6.07, 6.45) is 1.88. The molecule has 1 aromatic carbocycles. The number of anilines is 1. The van der Waals surface area contributed by atoms with Crippen LogP contribution in [0.15, 0.2) is 41.0 Å². The fraction of sp³-hybridized carbons (Fsp3) is 0.381. The lowest BCUT2D eigenvalue weighted by atomic mass is 10.1. The highest BCUT2D eigenvalue weighted by Gasteiger charge is 2.35. The minimum Gasteiger partial charge on any atom is -0.475 e. The molecule has 1 saturated heterocycles. The normalized spacial score (nSPS) is 16.2. The zero-order valence-electron chi connectivity index (χ0n) is 16.5. The molecular weight excluding hydrogens is 438 g/mol. The minimum atomic E-state index is -0.365. The monoisotopic (exact) mass is 461 g/mol. The van der Waals surface area contributed by atoms with Crippen molar-refractivity contribution in [1.29, 1.82) is 0 Å². The van der Waals surface area contributed by atoms with Crippen molar-refractivity contribution in [2.24, 2.45) is 5.92 Å². The third-order valence-electron chi connectivity index (χ3n) is 4.75. The van der Waals surface area contributed by atoms with Gasteiger partial charge in [-0.3, -0.25) is 9.59 Å². The Morgan fingerprint density at radius 3 is 2.83 bits per heavy atom. The van der Waals surface area contributed by atoms with E-state index in [1.54, 1.807) is 24.3 Å². The first-order valence-electron chi connectivity index (χ1n) is 9.39. The summed E-state index contributed by atoms with van der Waals surface area (Å²) >= 11 is 3.46. The molecule has 2 heterocycles. The second-order valence-corrected chi connectivity index (χ2v) is 7.76. The van der Waals surface area contributed by atoms with Gasteiger partial charge in [-0.1, -0.05) is 22.0 Å². The fourth-order valence-corrected chi connectivity index (χ4v) is 3.34. The predicted octanol–water partition coefficient (Wildman–Crippen LogP) is 2.85. The molecule has 1 aliphatic heterocycles. The van der Waals surface area contributed by atoms with E-state index in [2.05, 4.69) is 26.2 Å². The lowest BCUT2D eigenvalue weighted by Crippen LogP contribution is -2.32. The maximum Gasteiger partial charge on any atom is 0.227 e. The van der Waals surface area contributed by atoms with E-state index in [0.717, 1.165) is 21.3 Å². The van der Waals surface area contributed by atoms with E-state index >= 15 is 0 Å². The number of rotatable bonds is 8. The van der Waals surface area contributed by atoms with Gasteiger partial charge in [0.1, 0.15) is 6.61 Å². The third kappa shape index (κ3) is 5.55. The van der Waals surface area contributed by atoms with Crippen molar-refractivity contribution in [3.05, 3.63) is 52.1 Å². The zero-order chi connectivity index (χ0) is 20.8. The van der Waals surface area contributed by atoms with Crippen LogP contribution in [-0.2, 0) is 20.9 Å². The van der Waals surface area contributed by atoms with Crippen molar-refractivity contribution in [1.82, 2.24) is 10.3 Å². The van der Waals surface area contributed by atoms with E-state index in [4.69, 9.17) is 9.47 Å². The van der Waals surface area contributed by atoms with Gasteiger partial charge >= 0.3 is 0 Å². The summed E-state index contributed by atoms with van der Waals surface area (Å²) in [7, 11) is 1.61. The van der Waals surface area contributed by atoms with E-state index < -0.39 is 0 Å². The first kappa shape index (κ1) is 21.3. The Morgan fingerprint density at radius 1 is 1.31 bits per heavy atom. The molecule has 1 fully saturated rings. The number of nitrogens with zero attached hydrogens (tertiary/aromatic N) is 2. The first-order chi connectivity index (χ1) is 14.0. The van der Waals surface area contributed by atoms with E-state index in [1.807, 2.05) is 31.2 Å². The number of nitrogens with one attached hydrogen (secondary N) is 1. The highest BCUT2D eigenvalue weighted by atomic mass is 79.9. The molecule has 0 saturated carbocycles. The largest absolute Gasteiger partial charge is 0.475 e. The summed E-state index contributed by atoms with van der Waals surface area (Å²) in [5.74, 6) is -0.0174. The quantitative estimate of drug-likeness (QED) is 0.611. The van der Waals surface area contributed by atoms with Crippen LogP contribution < -0.4 is 15.0 Å². The number of hydrogen-bond acceptors (Lipinski definition) is 5. The summed E-state index contributed by atoms with van der Waals surface area (Å²) in [5.41, 5.74) is 2.73. The topological polar surface area (TPSA) is 80.8 Å². The Hall–Kier alpha value is -2.45. The van der Waals surface area contributed by atoms with Gasteiger partial charge in [-0.2, -0.15) is 0 Å². The Kier molecular flexibility index (Phi) is 7.22. The average Bonchev–Trinajstić information content (AvgIpc) is 3.11. The molecular formula is C21H24BrN3O4. The molecule has 0 aliphatic carbocycles. The molecule has 2 aromatic rings. The van der Waals surface area contributed by atoms with E-state index in [-0.39, 0.29) is 24.2 Å². The number of aromatic nitrogens is 1. The highest BCUT2D eigenvalue weighted by Crippen LogP contribution is 2.28. The van der Waals surface area contributed by atoms with Gasteiger partial charge in [0.15, 0.2) is 0 Å². The molecule has 0 bridgehead atoms. The summed E-state index contributed by atoms with van der Waals surface area (Å²) in [4.78, 5) is 30.8. The van der Waals surface area contributed by atoms with Gasteiger partial charge in [0.25, 0.3) is 0 Å². The number of carbonyl (C=O) groups is 2. The van der Waals surface area contributed by atoms with Crippen LogP contribution in [0.1, 0.15) is 17.5 Å². The van der Waals surface area contributed by atoms with Crippen molar-refractivity contribution >= 4 is 33.4 Å². The van der Waals surface area contributed by atoms with Gasteiger partial charge in [-0.15, -0.1) is 0 Å². The van der Waals surface area contributed by atoms with Crippen molar-refractivity contribution in [3.8, 4) is 5.88 Å². The van der Waals surface area contributed by atoms with Crippen LogP contribution in [0, 0.1) is 12.8 Å². The smallest absolute Gasteiger partial charge is 0.227 e. The SMILES string of the molecule is COCCOc1ccc(CNC(=O)C2CC(=O)N(c3ccc(Br)c(C)c3)C2)cn1. The number of aryl methyl sites for hydroxylation is 1. The average molecular weight is 462 g/mol. The molecule has 0 spiro atoms. The Bertz CT molecular complexity index is 873. The molecule has 29 heavy (non-hydrogen) atoms. The Morgan fingerprint density at radius 2 is 2.14 bits per heavy atom. The maximum absolute atomic E-state index is 12.5. The molecule has 8 heteroatoms. The fourth-order valence-electron chi connectivity index (χ4n) is 3.09. The number of pyridine rings is 1. The van der Waals surface area contributed by atoms with Crippen LogP contribution in [0.2, 0.25) is 0 Å². The van der Waals surface area contributed by atoms with Gasteiger partial charge in [-0.25, -0.2) is 4.98 Å². The van der Waals surface area contributed by atoms with E-state index in [1.165, 1.54) is 0 Å². The molecule has 2 amide bonds. The lowest BCUT2D eigenvalue weighted by Gasteiger charge is -2.17. The maximum atomic E-state index is 12.5. The molecule has 1 atom stereocenters. The van der Waals surface area contributed by atoms with Crippen molar-refractivity contribution in [3.63, 3.8) is 0 Å². The molecule has 0 radical (unpaired) electrons. The lowest BCUT2D eigenvalue weighted by molar-refractivity contribution is -0.126. The van der Waals surface area contributed by atoms with Gasteiger partial charge in [0.2, 0.25) is 17.7 Å². The van der Waals surface area contributed by atoms with Gasteiger partial charge in [0.05, 0.1) is 12.5 Å². The third-order valence-corrected chi connectivity index (χ3v) is 5.64. The van der Waals surface area contributed by atoms with Crippen LogP contribution in [-0.4, -0.2) is 43.7 Å². The van der Waals surface area contributed by atoms with Crippen LogP contribution in [0.5, 0.6) is 5.88 Å². The second kappa shape index (κ2) is 9.84. The summed E-state index contributed by atoms with van der Waals surface area (Å²) < 4.78 is 11.3. The van der Waals surface area contributed by atoms with Crippen molar-refractivity contribution < 1.29 is 19.1 Å². The Balaban J connectivity index is 1.52. The molecule has 3 rings (SSSR count). The molecule has 1 aliphatic rings. The number of hydrogen-bond donors (Lipinski definition) is 1. The summed E-state index contributed by atoms with van der Waals surface area (Å²) in [6.45, 7) is 3.64. The molecule has 1 N–H and O–H groups in total.